The first kappa shape index (κ1) is 15.5. The second-order valence-corrected chi connectivity index (χ2v) is 8.32. The average molecular weight is 321 g/mol. The summed E-state index contributed by atoms with van der Waals surface area (Å²) >= 11 is 0. The van der Waals surface area contributed by atoms with Crippen molar-refractivity contribution in [3.05, 3.63) is 36.0 Å². The number of aromatic nitrogens is 1. The highest BCUT2D eigenvalue weighted by molar-refractivity contribution is 7.86. The van der Waals surface area contributed by atoms with Crippen LogP contribution in [0.15, 0.2) is 30.5 Å². The molecule has 0 N–H and O–H groups in total. The van der Waals surface area contributed by atoms with Crippen LogP contribution in [0.1, 0.15) is 24.3 Å². The van der Waals surface area contributed by atoms with Crippen molar-refractivity contribution in [2.75, 3.05) is 27.2 Å². The van der Waals surface area contributed by atoms with Gasteiger partial charge in [-0.25, -0.2) is 0 Å². The summed E-state index contributed by atoms with van der Waals surface area (Å²) in [6.45, 7) is 1.18. The number of piperidine rings is 1. The lowest BCUT2D eigenvalue weighted by Crippen LogP contribution is -2.44. The first-order valence-corrected chi connectivity index (χ1v) is 9.02. The number of aryl methyl sites for hydroxylation is 1. The molecule has 2 aromatic rings. The summed E-state index contributed by atoms with van der Waals surface area (Å²) in [6, 6.07) is 8.41. The van der Waals surface area contributed by atoms with Gasteiger partial charge in [0.05, 0.1) is 0 Å². The van der Waals surface area contributed by atoms with Gasteiger partial charge in [0.15, 0.2) is 0 Å². The number of fused-ring (bicyclic) bond motifs is 1. The average Bonchev–Trinajstić information content (AvgIpc) is 2.85. The maximum Gasteiger partial charge on any atom is 0.281 e. The van der Waals surface area contributed by atoms with E-state index in [0.717, 1.165) is 12.8 Å². The van der Waals surface area contributed by atoms with Gasteiger partial charge in [-0.2, -0.15) is 17.0 Å². The molecule has 22 heavy (non-hydrogen) atoms. The van der Waals surface area contributed by atoms with E-state index >= 15 is 0 Å². The van der Waals surface area contributed by atoms with Gasteiger partial charge in [0.2, 0.25) is 0 Å². The molecular formula is C16H23N3O2S. The van der Waals surface area contributed by atoms with Crippen molar-refractivity contribution in [1.82, 2.24) is 13.2 Å². The number of para-hydroxylation sites is 1. The molecule has 0 aliphatic carbocycles. The third kappa shape index (κ3) is 2.55. The molecule has 0 saturated carbocycles. The first-order valence-electron chi connectivity index (χ1n) is 7.63. The van der Waals surface area contributed by atoms with E-state index in [0.29, 0.717) is 19.0 Å². The van der Waals surface area contributed by atoms with E-state index in [-0.39, 0.29) is 0 Å². The quantitative estimate of drug-likeness (QED) is 0.870. The Hall–Kier alpha value is -1.37. The van der Waals surface area contributed by atoms with Crippen molar-refractivity contribution in [1.29, 1.82) is 0 Å². The largest absolute Gasteiger partial charge is 0.350 e. The molecular weight excluding hydrogens is 298 g/mol. The van der Waals surface area contributed by atoms with Crippen molar-refractivity contribution in [3.63, 3.8) is 0 Å². The highest BCUT2D eigenvalue weighted by atomic mass is 32.2. The predicted molar refractivity (Wildman–Crippen MR) is 89.1 cm³/mol. The smallest absolute Gasteiger partial charge is 0.281 e. The van der Waals surface area contributed by atoms with E-state index < -0.39 is 10.2 Å². The van der Waals surface area contributed by atoms with Gasteiger partial charge in [0, 0.05) is 51.3 Å². The number of hydrogen-bond donors (Lipinski definition) is 0. The summed E-state index contributed by atoms with van der Waals surface area (Å²) < 4.78 is 29.4. The maximum absolute atomic E-state index is 12.2. The minimum absolute atomic E-state index is 0.430. The second-order valence-electron chi connectivity index (χ2n) is 6.18. The molecule has 6 heteroatoms. The van der Waals surface area contributed by atoms with Crippen LogP contribution in [0.2, 0.25) is 0 Å². The van der Waals surface area contributed by atoms with Crippen LogP contribution in [0.5, 0.6) is 0 Å². The van der Waals surface area contributed by atoms with E-state index in [9.17, 15) is 8.42 Å². The summed E-state index contributed by atoms with van der Waals surface area (Å²) in [6.07, 6.45) is 3.95. The van der Waals surface area contributed by atoms with Gasteiger partial charge in [0.1, 0.15) is 0 Å². The summed E-state index contributed by atoms with van der Waals surface area (Å²) in [4.78, 5) is 0. The van der Waals surface area contributed by atoms with Crippen LogP contribution < -0.4 is 0 Å². The Morgan fingerprint density at radius 1 is 1.14 bits per heavy atom. The standard InChI is InChI=1S/C16H23N3O2S/c1-17(2)22(20,21)19-10-8-13(9-11-19)15-12-18(3)16-7-5-4-6-14(15)16/h4-7,12-13H,8-11H2,1-3H3. The maximum atomic E-state index is 12.2. The lowest BCUT2D eigenvalue weighted by molar-refractivity contribution is 0.303. The number of rotatable bonds is 3. The molecule has 0 amide bonds. The topological polar surface area (TPSA) is 45.6 Å². The number of nitrogens with zero attached hydrogens (tertiary/aromatic N) is 3. The van der Waals surface area contributed by atoms with Crippen LogP contribution in [0.25, 0.3) is 10.9 Å². The van der Waals surface area contributed by atoms with Gasteiger partial charge in [-0.15, -0.1) is 0 Å². The number of benzene rings is 1. The van der Waals surface area contributed by atoms with Crippen LogP contribution in [0.4, 0.5) is 0 Å². The molecule has 2 heterocycles. The Balaban J connectivity index is 1.82. The molecule has 1 aliphatic rings. The lowest BCUT2D eigenvalue weighted by atomic mass is 9.90. The van der Waals surface area contributed by atoms with E-state index in [1.807, 2.05) is 0 Å². The van der Waals surface area contributed by atoms with E-state index in [1.165, 1.54) is 20.8 Å². The molecule has 0 spiro atoms. The first-order chi connectivity index (χ1) is 10.4. The van der Waals surface area contributed by atoms with Gasteiger partial charge in [-0.3, -0.25) is 0 Å². The van der Waals surface area contributed by atoms with Gasteiger partial charge in [0.25, 0.3) is 10.2 Å². The summed E-state index contributed by atoms with van der Waals surface area (Å²) in [7, 11) is 1.96. The fraction of sp³-hybridized carbons (Fsp3) is 0.500. The predicted octanol–water partition coefficient (Wildman–Crippen LogP) is 2.16. The van der Waals surface area contributed by atoms with Crippen LogP contribution >= 0.6 is 0 Å². The van der Waals surface area contributed by atoms with E-state index in [2.05, 4.69) is 42.1 Å². The SMILES string of the molecule is CN(C)S(=O)(=O)N1CCC(c2cn(C)c3ccccc23)CC1. The van der Waals surface area contributed by atoms with Gasteiger partial charge in [-0.05, 0) is 30.4 Å². The minimum atomic E-state index is -3.28. The Morgan fingerprint density at radius 3 is 2.41 bits per heavy atom. The summed E-state index contributed by atoms with van der Waals surface area (Å²) in [5, 5.41) is 1.29. The Kier molecular flexibility index (Phi) is 4.01. The minimum Gasteiger partial charge on any atom is -0.350 e. The third-order valence-electron chi connectivity index (χ3n) is 4.61. The van der Waals surface area contributed by atoms with Crippen LogP contribution in [0, 0.1) is 0 Å². The van der Waals surface area contributed by atoms with Crippen molar-refractivity contribution in [2.45, 2.75) is 18.8 Å². The molecule has 1 aliphatic heterocycles. The summed E-state index contributed by atoms with van der Waals surface area (Å²) in [5.74, 6) is 0.430. The molecule has 1 aromatic carbocycles. The highest BCUT2D eigenvalue weighted by Gasteiger charge is 2.30. The van der Waals surface area contributed by atoms with Crippen molar-refractivity contribution >= 4 is 21.1 Å². The van der Waals surface area contributed by atoms with E-state index in [1.54, 1.807) is 18.4 Å². The van der Waals surface area contributed by atoms with Gasteiger partial charge >= 0.3 is 0 Å². The molecule has 1 fully saturated rings. The van der Waals surface area contributed by atoms with Crippen molar-refractivity contribution in [3.8, 4) is 0 Å². The zero-order valence-electron chi connectivity index (χ0n) is 13.4. The monoisotopic (exact) mass is 321 g/mol. The third-order valence-corrected chi connectivity index (χ3v) is 6.55. The molecule has 0 atom stereocenters. The zero-order valence-corrected chi connectivity index (χ0v) is 14.2. The van der Waals surface area contributed by atoms with Crippen LogP contribution in [-0.2, 0) is 17.3 Å². The highest BCUT2D eigenvalue weighted by Crippen LogP contribution is 2.34. The lowest BCUT2D eigenvalue weighted by Gasteiger charge is -2.32. The fourth-order valence-electron chi connectivity index (χ4n) is 3.33. The van der Waals surface area contributed by atoms with Crippen LogP contribution in [0.3, 0.4) is 0 Å². The molecule has 1 saturated heterocycles. The molecule has 3 rings (SSSR count). The summed E-state index contributed by atoms with van der Waals surface area (Å²) in [5.41, 5.74) is 2.58. The van der Waals surface area contributed by atoms with Crippen molar-refractivity contribution < 1.29 is 8.42 Å². The fourth-order valence-corrected chi connectivity index (χ4v) is 4.46. The second kappa shape index (κ2) is 5.68. The normalized spacial score (nSPS) is 18.4. The molecule has 0 unspecified atom stereocenters. The van der Waals surface area contributed by atoms with Crippen LogP contribution in [-0.4, -0.2) is 48.8 Å². The Morgan fingerprint density at radius 2 is 1.77 bits per heavy atom. The Labute approximate surface area is 132 Å². The Bertz CT molecular complexity index is 772. The van der Waals surface area contributed by atoms with E-state index in [4.69, 9.17) is 0 Å². The molecule has 1 aromatic heterocycles. The molecule has 120 valence electrons. The molecule has 0 radical (unpaired) electrons. The van der Waals surface area contributed by atoms with Crippen molar-refractivity contribution in [2.24, 2.45) is 7.05 Å². The molecule has 5 nitrogen and oxygen atoms in total. The van der Waals surface area contributed by atoms with Gasteiger partial charge < -0.3 is 4.57 Å². The zero-order chi connectivity index (χ0) is 15.9. The van der Waals surface area contributed by atoms with Gasteiger partial charge in [-0.1, -0.05) is 18.2 Å². The molecule has 0 bridgehead atoms. The number of hydrogen-bond acceptors (Lipinski definition) is 2.